The number of fused-ring (bicyclic) bond motifs is 1. The van der Waals surface area contributed by atoms with E-state index in [-0.39, 0.29) is 12.3 Å². The largest absolute Gasteiger partial charge is 0.325 e. The number of anilines is 1. The predicted octanol–water partition coefficient (Wildman–Crippen LogP) is 4.11. The van der Waals surface area contributed by atoms with Gasteiger partial charge in [-0.15, -0.1) is 0 Å². The smallest absolute Gasteiger partial charge is 0.226 e. The van der Waals surface area contributed by atoms with Gasteiger partial charge in [-0.1, -0.05) is 60.1 Å². The topological polar surface area (TPSA) is 75.3 Å². The molecule has 5 nitrogen and oxygen atoms in total. The van der Waals surface area contributed by atoms with E-state index in [1.165, 1.54) is 0 Å². The summed E-state index contributed by atoms with van der Waals surface area (Å²) in [7, 11) is -3.50. The van der Waals surface area contributed by atoms with Crippen LogP contribution in [0.4, 0.5) is 5.69 Å². The summed E-state index contributed by atoms with van der Waals surface area (Å²) in [6, 6.07) is 19.4. The first-order chi connectivity index (χ1) is 12.8. The summed E-state index contributed by atoms with van der Waals surface area (Å²) in [5.74, 6) is -0.289. The lowest BCUT2D eigenvalue weighted by atomic mass is 10.0. The highest BCUT2D eigenvalue weighted by molar-refractivity contribution is 7.88. The third-order valence-electron chi connectivity index (χ3n) is 4.08. The first kappa shape index (κ1) is 19.4. The molecular formula is C20H19ClN2O3S. The van der Waals surface area contributed by atoms with Crippen LogP contribution in [0.5, 0.6) is 0 Å². The van der Waals surface area contributed by atoms with Crippen LogP contribution in [0.3, 0.4) is 0 Å². The molecule has 0 bridgehead atoms. The molecule has 3 aromatic rings. The Morgan fingerprint density at radius 1 is 1.00 bits per heavy atom. The summed E-state index contributed by atoms with van der Waals surface area (Å²) in [5, 5.41) is 5.36. The van der Waals surface area contributed by atoms with Gasteiger partial charge < -0.3 is 5.32 Å². The van der Waals surface area contributed by atoms with Gasteiger partial charge in [0.15, 0.2) is 0 Å². The number of carbonyl (C=O) groups excluding carboxylic acids is 1. The third-order valence-corrected chi connectivity index (χ3v) is 5.05. The van der Waals surface area contributed by atoms with Crippen LogP contribution in [0.2, 0.25) is 5.02 Å². The Bertz CT molecular complexity index is 1060. The summed E-state index contributed by atoms with van der Waals surface area (Å²) in [4.78, 5) is 12.6. The average Bonchev–Trinajstić information content (AvgIpc) is 2.61. The molecule has 140 valence electrons. The van der Waals surface area contributed by atoms with E-state index in [1.807, 2.05) is 42.5 Å². The molecule has 1 atom stereocenters. The predicted molar refractivity (Wildman–Crippen MR) is 109 cm³/mol. The van der Waals surface area contributed by atoms with Crippen molar-refractivity contribution in [1.29, 1.82) is 0 Å². The Morgan fingerprint density at radius 3 is 2.37 bits per heavy atom. The second-order valence-electron chi connectivity index (χ2n) is 6.27. The highest BCUT2D eigenvalue weighted by Gasteiger charge is 2.20. The molecule has 1 unspecified atom stereocenters. The number of hydrogen-bond donors (Lipinski definition) is 2. The van der Waals surface area contributed by atoms with Gasteiger partial charge in [-0.05, 0) is 29.1 Å². The minimum atomic E-state index is -3.50. The van der Waals surface area contributed by atoms with E-state index >= 15 is 0 Å². The van der Waals surface area contributed by atoms with E-state index < -0.39 is 16.1 Å². The lowest BCUT2D eigenvalue weighted by Gasteiger charge is -2.18. The number of nitrogens with one attached hydrogen (secondary N) is 2. The molecule has 0 aliphatic rings. The van der Waals surface area contributed by atoms with Crippen LogP contribution in [0.1, 0.15) is 18.0 Å². The van der Waals surface area contributed by atoms with E-state index in [9.17, 15) is 13.2 Å². The first-order valence-corrected chi connectivity index (χ1v) is 10.6. The van der Waals surface area contributed by atoms with Crippen molar-refractivity contribution < 1.29 is 13.2 Å². The lowest BCUT2D eigenvalue weighted by Crippen LogP contribution is -2.30. The van der Waals surface area contributed by atoms with Crippen molar-refractivity contribution in [2.24, 2.45) is 0 Å². The van der Waals surface area contributed by atoms with Gasteiger partial charge in [-0.25, -0.2) is 13.1 Å². The molecule has 0 saturated carbocycles. The normalized spacial score (nSPS) is 12.7. The van der Waals surface area contributed by atoms with Gasteiger partial charge in [0, 0.05) is 22.5 Å². The van der Waals surface area contributed by atoms with Gasteiger partial charge in [-0.2, -0.15) is 0 Å². The summed E-state index contributed by atoms with van der Waals surface area (Å²) in [6.45, 7) is 0. The molecule has 7 heteroatoms. The van der Waals surface area contributed by atoms with Crippen LogP contribution in [-0.4, -0.2) is 20.6 Å². The average molecular weight is 403 g/mol. The fourth-order valence-electron chi connectivity index (χ4n) is 2.90. The summed E-state index contributed by atoms with van der Waals surface area (Å²) in [6.07, 6.45) is 1.02. The van der Waals surface area contributed by atoms with Crippen molar-refractivity contribution >= 4 is 44.0 Å². The third kappa shape index (κ3) is 5.29. The number of sulfonamides is 1. The Hall–Kier alpha value is -2.41. The Labute approximate surface area is 163 Å². The molecule has 27 heavy (non-hydrogen) atoms. The summed E-state index contributed by atoms with van der Waals surface area (Å²) in [5.41, 5.74) is 1.35. The van der Waals surface area contributed by atoms with E-state index in [2.05, 4.69) is 10.0 Å². The first-order valence-electron chi connectivity index (χ1n) is 8.32. The molecule has 0 spiro atoms. The molecular weight excluding hydrogens is 384 g/mol. The van der Waals surface area contributed by atoms with Crippen molar-refractivity contribution in [3.63, 3.8) is 0 Å². The van der Waals surface area contributed by atoms with Gasteiger partial charge in [0.2, 0.25) is 15.9 Å². The van der Waals surface area contributed by atoms with Gasteiger partial charge in [0.05, 0.1) is 12.3 Å². The van der Waals surface area contributed by atoms with E-state index in [0.29, 0.717) is 16.3 Å². The van der Waals surface area contributed by atoms with Crippen molar-refractivity contribution in [1.82, 2.24) is 4.72 Å². The van der Waals surface area contributed by atoms with Gasteiger partial charge in [-0.3, -0.25) is 4.79 Å². The second-order valence-corrected chi connectivity index (χ2v) is 8.49. The zero-order chi connectivity index (χ0) is 19.4. The zero-order valence-electron chi connectivity index (χ0n) is 14.6. The molecule has 1 amide bonds. The molecule has 0 aliphatic carbocycles. The van der Waals surface area contributed by atoms with E-state index in [0.717, 1.165) is 17.0 Å². The summed E-state index contributed by atoms with van der Waals surface area (Å²) >= 11 is 5.90. The molecule has 0 fully saturated rings. The van der Waals surface area contributed by atoms with Crippen molar-refractivity contribution in [3.05, 3.63) is 77.3 Å². The minimum absolute atomic E-state index is 0.0437. The van der Waals surface area contributed by atoms with E-state index in [4.69, 9.17) is 11.6 Å². The van der Waals surface area contributed by atoms with Crippen molar-refractivity contribution in [2.45, 2.75) is 12.5 Å². The van der Waals surface area contributed by atoms with Crippen molar-refractivity contribution in [3.8, 4) is 0 Å². The standard InChI is InChI=1S/C20H19ClN2O3S/c1-27(25,26)23-19(15-9-11-16(21)12-10-15)13-20(24)22-18-8-4-6-14-5-2-3-7-17(14)18/h2-12,19,23H,13H2,1H3,(H,22,24). The number of rotatable bonds is 6. The number of carbonyl (C=O) groups is 1. The molecule has 2 N–H and O–H groups in total. The van der Waals surface area contributed by atoms with Crippen LogP contribution in [0.25, 0.3) is 10.8 Å². The highest BCUT2D eigenvalue weighted by Crippen LogP contribution is 2.25. The SMILES string of the molecule is CS(=O)(=O)NC(CC(=O)Nc1cccc2ccccc12)c1ccc(Cl)cc1. The van der Waals surface area contributed by atoms with Crippen LogP contribution >= 0.6 is 11.6 Å². The van der Waals surface area contributed by atoms with Crippen LogP contribution in [0.15, 0.2) is 66.7 Å². The number of benzene rings is 3. The maximum Gasteiger partial charge on any atom is 0.226 e. The molecule has 0 aliphatic heterocycles. The second kappa shape index (κ2) is 8.08. The minimum Gasteiger partial charge on any atom is -0.325 e. The Morgan fingerprint density at radius 2 is 1.67 bits per heavy atom. The maximum absolute atomic E-state index is 12.6. The highest BCUT2D eigenvalue weighted by atomic mass is 35.5. The van der Waals surface area contributed by atoms with Gasteiger partial charge in [0.25, 0.3) is 0 Å². The molecule has 0 saturated heterocycles. The quantitative estimate of drug-likeness (QED) is 0.651. The van der Waals surface area contributed by atoms with Crippen molar-refractivity contribution in [2.75, 3.05) is 11.6 Å². The Kier molecular flexibility index (Phi) is 5.79. The van der Waals surface area contributed by atoms with Gasteiger partial charge in [0.1, 0.15) is 0 Å². The number of amides is 1. The number of halogens is 1. The zero-order valence-corrected chi connectivity index (χ0v) is 16.2. The fourth-order valence-corrected chi connectivity index (χ4v) is 3.76. The monoisotopic (exact) mass is 402 g/mol. The molecule has 3 aromatic carbocycles. The summed E-state index contributed by atoms with van der Waals surface area (Å²) < 4.78 is 26.0. The van der Waals surface area contributed by atoms with Crippen LogP contribution in [-0.2, 0) is 14.8 Å². The molecule has 0 heterocycles. The molecule has 3 rings (SSSR count). The fraction of sp³-hybridized carbons (Fsp3) is 0.150. The van der Waals surface area contributed by atoms with E-state index in [1.54, 1.807) is 24.3 Å². The molecule has 0 radical (unpaired) electrons. The maximum atomic E-state index is 12.6. The Balaban J connectivity index is 1.82. The van der Waals surface area contributed by atoms with Crippen LogP contribution < -0.4 is 10.0 Å². The lowest BCUT2D eigenvalue weighted by molar-refractivity contribution is -0.116. The number of hydrogen-bond acceptors (Lipinski definition) is 3. The molecule has 0 aromatic heterocycles. The van der Waals surface area contributed by atoms with Crippen LogP contribution in [0, 0.1) is 0 Å². The van der Waals surface area contributed by atoms with Gasteiger partial charge >= 0.3 is 0 Å².